The van der Waals surface area contributed by atoms with Gasteiger partial charge in [0.15, 0.2) is 5.78 Å². The molecule has 0 aliphatic rings. The zero-order valence-corrected chi connectivity index (χ0v) is 6.92. The zero-order chi connectivity index (χ0) is 8.43. The van der Waals surface area contributed by atoms with Gasteiger partial charge in [-0.3, -0.25) is 4.79 Å². The molecule has 0 saturated heterocycles. The molecule has 0 aromatic carbocycles. The van der Waals surface area contributed by atoms with E-state index in [-0.39, 0.29) is 11.7 Å². The molecule has 11 heavy (non-hydrogen) atoms. The molecule has 0 aliphatic heterocycles. The maximum Gasteiger partial charge on any atom is 0.170 e. The highest BCUT2D eigenvalue weighted by Gasteiger charge is 2.15. The molecule has 0 aliphatic carbocycles. The van der Waals surface area contributed by atoms with E-state index in [2.05, 4.69) is 9.68 Å². The molecule has 0 bridgehead atoms. The van der Waals surface area contributed by atoms with Crippen LogP contribution in [0.3, 0.4) is 0 Å². The second-order valence-corrected chi connectivity index (χ2v) is 2.83. The van der Waals surface area contributed by atoms with Crippen molar-refractivity contribution in [1.29, 1.82) is 0 Å². The molecular formula is C8H11NO2. The van der Waals surface area contributed by atoms with Crippen molar-refractivity contribution in [3.05, 3.63) is 17.5 Å². The number of hydrogen-bond donors (Lipinski definition) is 0. The first-order valence-corrected chi connectivity index (χ1v) is 3.58. The smallest absolute Gasteiger partial charge is 0.170 e. The van der Waals surface area contributed by atoms with Crippen molar-refractivity contribution in [2.45, 2.75) is 20.8 Å². The Balaban J connectivity index is 2.93. The van der Waals surface area contributed by atoms with Crippen LogP contribution < -0.4 is 0 Å². The van der Waals surface area contributed by atoms with Crippen LogP contribution in [0.2, 0.25) is 0 Å². The van der Waals surface area contributed by atoms with Gasteiger partial charge in [-0.2, -0.15) is 0 Å². The molecule has 3 nitrogen and oxygen atoms in total. The first kappa shape index (κ1) is 7.98. The number of aromatic nitrogens is 1. The highest BCUT2D eigenvalue weighted by Crippen LogP contribution is 2.11. The van der Waals surface area contributed by atoms with Crippen molar-refractivity contribution >= 4 is 5.78 Å². The molecule has 0 atom stereocenters. The van der Waals surface area contributed by atoms with Gasteiger partial charge in [-0.05, 0) is 6.92 Å². The van der Waals surface area contributed by atoms with Crippen LogP contribution in [0.25, 0.3) is 0 Å². The summed E-state index contributed by atoms with van der Waals surface area (Å²) in [4.78, 5) is 11.3. The van der Waals surface area contributed by atoms with Crippen molar-refractivity contribution in [1.82, 2.24) is 5.16 Å². The molecule has 1 aromatic heterocycles. The molecule has 0 unspecified atom stereocenters. The average molecular weight is 153 g/mol. The van der Waals surface area contributed by atoms with Gasteiger partial charge in [0.2, 0.25) is 0 Å². The predicted molar refractivity (Wildman–Crippen MR) is 40.4 cm³/mol. The van der Waals surface area contributed by atoms with E-state index in [1.165, 1.54) is 6.26 Å². The van der Waals surface area contributed by atoms with Crippen LogP contribution in [-0.4, -0.2) is 10.9 Å². The van der Waals surface area contributed by atoms with E-state index in [0.29, 0.717) is 11.3 Å². The van der Waals surface area contributed by atoms with Crippen LogP contribution in [0.4, 0.5) is 0 Å². The summed E-state index contributed by atoms with van der Waals surface area (Å²) in [5.41, 5.74) is 1.27. The Morgan fingerprint density at radius 2 is 2.27 bits per heavy atom. The van der Waals surface area contributed by atoms with E-state index < -0.39 is 0 Å². The Bertz CT molecular complexity index is 263. The molecule has 0 fully saturated rings. The summed E-state index contributed by atoms with van der Waals surface area (Å²) in [6.07, 6.45) is 1.40. The third kappa shape index (κ3) is 1.48. The van der Waals surface area contributed by atoms with Crippen LogP contribution in [0, 0.1) is 12.8 Å². The molecular weight excluding hydrogens is 142 g/mol. The third-order valence-corrected chi connectivity index (χ3v) is 1.54. The Kier molecular flexibility index (Phi) is 2.08. The maximum atomic E-state index is 11.3. The fourth-order valence-electron chi connectivity index (χ4n) is 0.840. The third-order valence-electron chi connectivity index (χ3n) is 1.54. The molecule has 60 valence electrons. The van der Waals surface area contributed by atoms with Gasteiger partial charge in [0.1, 0.15) is 6.26 Å². The van der Waals surface area contributed by atoms with E-state index in [4.69, 9.17) is 0 Å². The largest absolute Gasteiger partial charge is 0.364 e. The Morgan fingerprint density at radius 1 is 1.64 bits per heavy atom. The highest BCUT2D eigenvalue weighted by atomic mass is 16.5. The SMILES string of the molecule is Cc1nocc1C(=O)C(C)C. The minimum Gasteiger partial charge on any atom is -0.364 e. The number of hydrogen-bond acceptors (Lipinski definition) is 3. The van der Waals surface area contributed by atoms with Gasteiger partial charge in [0.05, 0.1) is 11.3 Å². The Morgan fingerprint density at radius 3 is 2.64 bits per heavy atom. The fraction of sp³-hybridized carbons (Fsp3) is 0.500. The normalized spacial score (nSPS) is 10.5. The maximum absolute atomic E-state index is 11.3. The zero-order valence-electron chi connectivity index (χ0n) is 6.92. The fourth-order valence-corrected chi connectivity index (χ4v) is 0.840. The van der Waals surface area contributed by atoms with Crippen LogP contribution >= 0.6 is 0 Å². The molecule has 0 amide bonds. The highest BCUT2D eigenvalue weighted by molar-refractivity contribution is 5.97. The summed E-state index contributed by atoms with van der Waals surface area (Å²) in [7, 11) is 0. The molecule has 0 radical (unpaired) electrons. The van der Waals surface area contributed by atoms with Gasteiger partial charge in [0.25, 0.3) is 0 Å². The standard InChI is InChI=1S/C8H11NO2/c1-5(2)8(10)7-4-11-9-6(7)3/h4-5H,1-3H3. The minimum atomic E-state index is 0.00750. The van der Waals surface area contributed by atoms with Crippen molar-refractivity contribution in [2.24, 2.45) is 5.92 Å². The lowest BCUT2D eigenvalue weighted by Crippen LogP contribution is -2.07. The van der Waals surface area contributed by atoms with Crippen molar-refractivity contribution in [3.8, 4) is 0 Å². The summed E-state index contributed by atoms with van der Waals surface area (Å²) < 4.78 is 4.65. The van der Waals surface area contributed by atoms with Crippen LogP contribution in [0.5, 0.6) is 0 Å². The number of nitrogens with zero attached hydrogens (tertiary/aromatic N) is 1. The number of aryl methyl sites for hydroxylation is 1. The summed E-state index contributed by atoms with van der Waals surface area (Å²) in [6.45, 7) is 5.47. The van der Waals surface area contributed by atoms with Gasteiger partial charge in [0, 0.05) is 5.92 Å². The first-order chi connectivity index (χ1) is 5.13. The van der Waals surface area contributed by atoms with Crippen LogP contribution in [0.1, 0.15) is 29.9 Å². The van der Waals surface area contributed by atoms with Gasteiger partial charge < -0.3 is 4.52 Å². The molecule has 0 spiro atoms. The number of rotatable bonds is 2. The summed E-state index contributed by atoms with van der Waals surface area (Å²) in [6, 6.07) is 0. The summed E-state index contributed by atoms with van der Waals surface area (Å²) in [5.74, 6) is 0.0943. The second kappa shape index (κ2) is 2.86. The predicted octanol–water partition coefficient (Wildman–Crippen LogP) is 1.82. The van der Waals surface area contributed by atoms with Crippen molar-refractivity contribution < 1.29 is 9.32 Å². The second-order valence-electron chi connectivity index (χ2n) is 2.83. The van der Waals surface area contributed by atoms with E-state index in [0.717, 1.165) is 0 Å². The lowest BCUT2D eigenvalue weighted by atomic mass is 10.0. The van der Waals surface area contributed by atoms with Gasteiger partial charge in [-0.15, -0.1) is 0 Å². The van der Waals surface area contributed by atoms with Crippen LogP contribution in [-0.2, 0) is 0 Å². The van der Waals surface area contributed by atoms with Gasteiger partial charge >= 0.3 is 0 Å². The Labute approximate surface area is 65.4 Å². The molecule has 3 heteroatoms. The molecule has 1 aromatic rings. The van der Waals surface area contributed by atoms with Gasteiger partial charge in [-0.1, -0.05) is 19.0 Å². The van der Waals surface area contributed by atoms with Crippen LogP contribution in [0.15, 0.2) is 10.8 Å². The molecule has 1 heterocycles. The van der Waals surface area contributed by atoms with E-state index >= 15 is 0 Å². The minimum absolute atomic E-state index is 0.00750. The Hall–Kier alpha value is -1.12. The number of carbonyl (C=O) groups is 1. The quantitative estimate of drug-likeness (QED) is 0.608. The van der Waals surface area contributed by atoms with Crippen molar-refractivity contribution in [3.63, 3.8) is 0 Å². The molecule has 1 rings (SSSR count). The lowest BCUT2D eigenvalue weighted by molar-refractivity contribution is 0.0938. The molecule has 0 N–H and O–H groups in total. The topological polar surface area (TPSA) is 43.1 Å². The number of Topliss-reactive ketones (excluding diaryl/α,β-unsaturated/α-hetero) is 1. The lowest BCUT2D eigenvalue weighted by Gasteiger charge is -1.99. The first-order valence-electron chi connectivity index (χ1n) is 3.58. The van der Waals surface area contributed by atoms with Gasteiger partial charge in [-0.25, -0.2) is 0 Å². The number of ketones is 1. The average Bonchev–Trinajstić information content (AvgIpc) is 2.33. The van der Waals surface area contributed by atoms with Crippen molar-refractivity contribution in [2.75, 3.05) is 0 Å². The monoisotopic (exact) mass is 153 g/mol. The summed E-state index contributed by atoms with van der Waals surface area (Å²) >= 11 is 0. The van der Waals surface area contributed by atoms with E-state index in [1.807, 2.05) is 13.8 Å². The summed E-state index contributed by atoms with van der Waals surface area (Å²) in [5, 5.41) is 3.62. The molecule has 0 saturated carbocycles. The van der Waals surface area contributed by atoms with E-state index in [1.54, 1.807) is 6.92 Å². The number of carbonyl (C=O) groups excluding carboxylic acids is 1. The van der Waals surface area contributed by atoms with E-state index in [9.17, 15) is 4.79 Å².